The third kappa shape index (κ3) is 4.44. The van der Waals surface area contributed by atoms with Crippen LogP contribution in [0.25, 0.3) is 11.0 Å². The number of carbonyl (C=O) groups is 2. The first-order valence-corrected chi connectivity index (χ1v) is 9.79. The number of hydrogen-bond donors (Lipinski definition) is 1. The van der Waals surface area contributed by atoms with Crippen LogP contribution in [0.15, 0.2) is 17.7 Å². The summed E-state index contributed by atoms with van der Waals surface area (Å²) in [6, 6.07) is 0.139. The Morgan fingerprint density at radius 2 is 2.08 bits per heavy atom. The Morgan fingerprint density at radius 1 is 1.35 bits per heavy atom. The number of piperazine rings is 1. The van der Waals surface area contributed by atoms with E-state index in [0.717, 1.165) is 4.96 Å². The Kier molecular flexibility index (Phi) is 5.95. The average molecular weight is 396 g/mol. The van der Waals surface area contributed by atoms with Crippen LogP contribution in [-0.2, 0) is 9.59 Å². The molecular formula is C17H22ClN5O2S. The molecule has 0 saturated carbocycles. The number of amides is 2. The minimum atomic E-state index is -0.0578. The highest BCUT2D eigenvalue weighted by Crippen LogP contribution is 2.22. The first-order chi connectivity index (χ1) is 12.4. The van der Waals surface area contributed by atoms with Gasteiger partial charge in [0.2, 0.25) is 11.8 Å². The van der Waals surface area contributed by atoms with Gasteiger partial charge in [0, 0.05) is 49.9 Å². The van der Waals surface area contributed by atoms with Crippen molar-refractivity contribution < 1.29 is 9.59 Å². The lowest BCUT2D eigenvalue weighted by Gasteiger charge is -2.33. The monoisotopic (exact) mass is 395 g/mol. The predicted molar refractivity (Wildman–Crippen MR) is 103 cm³/mol. The molecule has 0 bridgehead atoms. The molecule has 26 heavy (non-hydrogen) atoms. The summed E-state index contributed by atoms with van der Waals surface area (Å²) in [6.45, 7) is 6.84. The SMILES string of the molecule is CC(C)NC(=O)CN1CCN(C(=O)/C=C/c2c(Cl)nc3sccn23)CC1. The first kappa shape index (κ1) is 18.9. The van der Waals surface area contributed by atoms with Gasteiger partial charge in [-0.3, -0.25) is 18.9 Å². The summed E-state index contributed by atoms with van der Waals surface area (Å²) in [5.74, 6) is -0.0349. The number of thiazole rings is 1. The van der Waals surface area contributed by atoms with E-state index in [2.05, 4.69) is 15.2 Å². The number of carbonyl (C=O) groups excluding carboxylic acids is 2. The van der Waals surface area contributed by atoms with Gasteiger partial charge in [0.1, 0.15) is 0 Å². The van der Waals surface area contributed by atoms with E-state index >= 15 is 0 Å². The fourth-order valence-electron chi connectivity index (χ4n) is 2.88. The molecule has 0 atom stereocenters. The zero-order valence-electron chi connectivity index (χ0n) is 14.8. The smallest absolute Gasteiger partial charge is 0.246 e. The Balaban J connectivity index is 1.53. The molecule has 0 aliphatic carbocycles. The second-order valence-electron chi connectivity index (χ2n) is 6.50. The van der Waals surface area contributed by atoms with Gasteiger partial charge < -0.3 is 10.2 Å². The fourth-order valence-corrected chi connectivity index (χ4v) is 3.88. The van der Waals surface area contributed by atoms with Gasteiger partial charge in [-0.25, -0.2) is 4.98 Å². The Bertz CT molecular complexity index is 820. The summed E-state index contributed by atoms with van der Waals surface area (Å²) in [6.07, 6.45) is 5.12. The molecule has 0 radical (unpaired) electrons. The summed E-state index contributed by atoms with van der Waals surface area (Å²) in [5, 5.41) is 5.20. The Labute approximate surface area is 161 Å². The average Bonchev–Trinajstić information content (AvgIpc) is 3.13. The number of nitrogens with zero attached hydrogens (tertiary/aromatic N) is 4. The van der Waals surface area contributed by atoms with E-state index < -0.39 is 0 Å². The lowest BCUT2D eigenvalue weighted by Crippen LogP contribution is -2.51. The van der Waals surface area contributed by atoms with E-state index in [4.69, 9.17) is 11.6 Å². The molecule has 0 aromatic carbocycles. The predicted octanol–water partition coefficient (Wildman–Crippen LogP) is 1.73. The minimum absolute atomic E-state index is 0.0230. The maximum absolute atomic E-state index is 12.4. The maximum atomic E-state index is 12.4. The summed E-state index contributed by atoms with van der Waals surface area (Å²) >= 11 is 7.63. The van der Waals surface area contributed by atoms with Crippen molar-refractivity contribution in [1.29, 1.82) is 0 Å². The van der Waals surface area contributed by atoms with Gasteiger partial charge in [0.15, 0.2) is 10.1 Å². The molecule has 1 aliphatic heterocycles. The van der Waals surface area contributed by atoms with E-state index in [1.807, 2.05) is 29.8 Å². The number of hydrogen-bond acceptors (Lipinski definition) is 5. The topological polar surface area (TPSA) is 70.0 Å². The quantitative estimate of drug-likeness (QED) is 0.783. The number of fused-ring (bicyclic) bond motifs is 1. The van der Waals surface area contributed by atoms with E-state index in [1.54, 1.807) is 11.0 Å². The van der Waals surface area contributed by atoms with Gasteiger partial charge >= 0.3 is 0 Å². The first-order valence-electron chi connectivity index (χ1n) is 8.54. The largest absolute Gasteiger partial charge is 0.353 e. The molecule has 2 amide bonds. The van der Waals surface area contributed by atoms with Crippen molar-refractivity contribution in [3.63, 3.8) is 0 Å². The molecule has 3 rings (SSSR count). The summed E-state index contributed by atoms with van der Waals surface area (Å²) in [5.41, 5.74) is 0.709. The van der Waals surface area contributed by atoms with E-state index in [0.29, 0.717) is 43.6 Å². The molecule has 1 N–H and O–H groups in total. The molecule has 9 heteroatoms. The molecule has 0 spiro atoms. The van der Waals surface area contributed by atoms with Gasteiger partial charge in [0.05, 0.1) is 12.2 Å². The Hall–Kier alpha value is -1.90. The van der Waals surface area contributed by atoms with Crippen LogP contribution >= 0.6 is 22.9 Å². The second kappa shape index (κ2) is 8.20. The van der Waals surface area contributed by atoms with Crippen LogP contribution in [0.1, 0.15) is 19.5 Å². The maximum Gasteiger partial charge on any atom is 0.246 e. The van der Waals surface area contributed by atoms with Crippen LogP contribution in [0.2, 0.25) is 5.15 Å². The van der Waals surface area contributed by atoms with Crippen molar-refractivity contribution in [3.05, 3.63) is 28.5 Å². The summed E-state index contributed by atoms with van der Waals surface area (Å²) < 4.78 is 1.86. The van der Waals surface area contributed by atoms with Crippen molar-refractivity contribution >= 4 is 45.8 Å². The van der Waals surface area contributed by atoms with Crippen LogP contribution in [0.4, 0.5) is 0 Å². The van der Waals surface area contributed by atoms with Crippen molar-refractivity contribution in [2.75, 3.05) is 32.7 Å². The molecule has 0 unspecified atom stereocenters. The Morgan fingerprint density at radius 3 is 2.77 bits per heavy atom. The third-order valence-corrected chi connectivity index (χ3v) is 5.17. The van der Waals surface area contributed by atoms with E-state index in [-0.39, 0.29) is 17.9 Å². The lowest BCUT2D eigenvalue weighted by atomic mass is 10.2. The zero-order valence-corrected chi connectivity index (χ0v) is 16.4. The normalized spacial score (nSPS) is 16.1. The van der Waals surface area contributed by atoms with E-state index in [1.165, 1.54) is 17.4 Å². The van der Waals surface area contributed by atoms with Gasteiger partial charge in [-0.15, -0.1) is 11.3 Å². The second-order valence-corrected chi connectivity index (χ2v) is 7.73. The third-order valence-electron chi connectivity index (χ3n) is 4.14. The zero-order chi connectivity index (χ0) is 18.7. The summed E-state index contributed by atoms with van der Waals surface area (Å²) in [4.78, 5) is 33.1. The van der Waals surface area contributed by atoms with Crippen LogP contribution < -0.4 is 5.32 Å². The van der Waals surface area contributed by atoms with Crippen molar-refractivity contribution in [2.24, 2.45) is 0 Å². The van der Waals surface area contributed by atoms with Crippen LogP contribution in [0.5, 0.6) is 0 Å². The highest BCUT2D eigenvalue weighted by atomic mass is 35.5. The number of imidazole rings is 1. The van der Waals surface area contributed by atoms with E-state index in [9.17, 15) is 9.59 Å². The highest BCUT2D eigenvalue weighted by Gasteiger charge is 2.21. The fraction of sp³-hybridized carbons (Fsp3) is 0.471. The number of aromatic nitrogens is 2. The number of rotatable bonds is 5. The number of nitrogens with one attached hydrogen (secondary N) is 1. The van der Waals surface area contributed by atoms with Crippen molar-refractivity contribution in [1.82, 2.24) is 24.5 Å². The standard InChI is InChI=1S/C17H22ClN5O2S/c1-12(2)19-14(24)11-21-5-7-22(8-6-21)15(25)4-3-13-16(18)20-17-23(13)9-10-26-17/h3-4,9-10,12H,5-8,11H2,1-2H3,(H,19,24)/b4-3+. The van der Waals surface area contributed by atoms with Crippen molar-refractivity contribution in [3.8, 4) is 0 Å². The van der Waals surface area contributed by atoms with Gasteiger partial charge in [-0.2, -0.15) is 0 Å². The molecule has 1 saturated heterocycles. The highest BCUT2D eigenvalue weighted by molar-refractivity contribution is 7.15. The van der Waals surface area contributed by atoms with Crippen LogP contribution in [0, 0.1) is 0 Å². The van der Waals surface area contributed by atoms with Crippen LogP contribution in [0.3, 0.4) is 0 Å². The molecule has 3 heterocycles. The molecule has 140 valence electrons. The molecular weight excluding hydrogens is 374 g/mol. The molecule has 2 aromatic heterocycles. The summed E-state index contributed by atoms with van der Waals surface area (Å²) in [7, 11) is 0. The molecule has 1 aliphatic rings. The molecule has 1 fully saturated rings. The van der Waals surface area contributed by atoms with Crippen LogP contribution in [-0.4, -0.2) is 69.8 Å². The minimum Gasteiger partial charge on any atom is -0.353 e. The molecule has 7 nitrogen and oxygen atoms in total. The lowest BCUT2D eigenvalue weighted by molar-refractivity contribution is -0.128. The van der Waals surface area contributed by atoms with Crippen molar-refractivity contribution in [2.45, 2.75) is 19.9 Å². The van der Waals surface area contributed by atoms with Gasteiger partial charge in [-0.05, 0) is 19.9 Å². The van der Waals surface area contributed by atoms with Gasteiger partial charge in [0.25, 0.3) is 0 Å². The van der Waals surface area contributed by atoms with Gasteiger partial charge in [-0.1, -0.05) is 11.6 Å². The molecule has 2 aromatic rings. The number of halogens is 1.